The first kappa shape index (κ1) is 17.8. The fraction of sp³-hybridized carbons (Fsp3) is 0.471. The van der Waals surface area contributed by atoms with Crippen molar-refractivity contribution in [1.29, 1.82) is 0 Å². The van der Waals surface area contributed by atoms with E-state index in [4.69, 9.17) is 16.3 Å². The number of piperidine rings is 1. The van der Waals surface area contributed by atoms with Crippen LogP contribution in [0.3, 0.4) is 0 Å². The van der Waals surface area contributed by atoms with Gasteiger partial charge < -0.3 is 10.1 Å². The van der Waals surface area contributed by atoms with E-state index in [2.05, 4.69) is 20.2 Å². The number of ether oxygens (including phenoxy) is 1. The second-order valence-electron chi connectivity index (χ2n) is 6.64. The molecule has 2 aliphatic rings. The van der Waals surface area contributed by atoms with Gasteiger partial charge in [-0.1, -0.05) is 22.9 Å². The molecule has 1 N–H and O–H groups in total. The molecule has 9 heteroatoms. The normalized spacial score (nSPS) is 22.6. The van der Waals surface area contributed by atoms with Gasteiger partial charge >= 0.3 is 0 Å². The smallest absolute Gasteiger partial charge is 0.230 e. The van der Waals surface area contributed by atoms with E-state index in [0.29, 0.717) is 29.7 Å². The van der Waals surface area contributed by atoms with E-state index in [-0.39, 0.29) is 11.0 Å². The summed E-state index contributed by atoms with van der Waals surface area (Å²) in [6.07, 6.45) is 3.55. The summed E-state index contributed by atoms with van der Waals surface area (Å²) in [5.74, 6) is -0.790. The summed E-state index contributed by atoms with van der Waals surface area (Å²) in [6.45, 7) is 3.78. The maximum Gasteiger partial charge on any atom is 0.230 e. The Morgan fingerprint density at radius 1 is 1.58 bits per heavy atom. The van der Waals surface area contributed by atoms with Crippen molar-refractivity contribution in [3.63, 3.8) is 0 Å². The van der Waals surface area contributed by atoms with Crippen LogP contribution in [-0.4, -0.2) is 33.9 Å². The largest absolute Gasteiger partial charge is 0.364 e. The van der Waals surface area contributed by atoms with Crippen molar-refractivity contribution >= 4 is 34.0 Å². The highest BCUT2D eigenvalue weighted by atomic mass is 35.5. The molecule has 0 radical (unpaired) electrons. The molecular formula is C17H18ClFN4O2S. The zero-order valence-electron chi connectivity index (χ0n) is 14.2. The monoisotopic (exact) mass is 396 g/mol. The van der Waals surface area contributed by atoms with Crippen LogP contribution in [0.25, 0.3) is 0 Å². The number of amides is 1. The lowest BCUT2D eigenvalue weighted by Crippen LogP contribution is -2.45. The number of aromatic nitrogens is 2. The molecule has 0 aliphatic carbocycles. The quantitative estimate of drug-likeness (QED) is 0.806. The summed E-state index contributed by atoms with van der Waals surface area (Å²) in [5.41, 5.74) is 1.63. The van der Waals surface area contributed by atoms with Crippen LogP contribution in [-0.2, 0) is 28.3 Å². The Kier molecular flexibility index (Phi) is 4.68. The number of likely N-dealkylation sites (tertiary alicyclic amines) is 1. The van der Waals surface area contributed by atoms with Gasteiger partial charge in [-0.15, -0.1) is 0 Å². The first-order chi connectivity index (χ1) is 12.5. The Bertz CT molecular complexity index is 861. The second kappa shape index (κ2) is 6.84. The maximum atomic E-state index is 14.1. The topological polar surface area (TPSA) is 67.4 Å². The van der Waals surface area contributed by atoms with Crippen LogP contribution in [0.2, 0.25) is 5.15 Å². The van der Waals surface area contributed by atoms with Crippen LogP contribution >= 0.6 is 22.9 Å². The van der Waals surface area contributed by atoms with Crippen molar-refractivity contribution in [3.05, 3.63) is 39.4 Å². The van der Waals surface area contributed by atoms with E-state index in [1.54, 1.807) is 6.20 Å². The number of carbonyl (C=O) groups is 1. The van der Waals surface area contributed by atoms with Gasteiger partial charge in [-0.2, -0.15) is 9.37 Å². The van der Waals surface area contributed by atoms with Crippen molar-refractivity contribution in [2.75, 3.05) is 18.4 Å². The lowest BCUT2D eigenvalue weighted by atomic mass is 9.85. The Morgan fingerprint density at radius 2 is 2.42 bits per heavy atom. The number of halogens is 2. The summed E-state index contributed by atoms with van der Waals surface area (Å²) in [6, 6.07) is 1.97. The molecule has 2 aromatic rings. The van der Waals surface area contributed by atoms with E-state index < -0.39 is 11.5 Å². The fourth-order valence-electron chi connectivity index (χ4n) is 3.74. The van der Waals surface area contributed by atoms with Gasteiger partial charge in [-0.25, -0.2) is 4.98 Å². The SMILES string of the molecule is CC(=O)Nc1nc(F)c(CN2CCCC3(C2)OCc2c3ccnc2Cl)s1. The lowest BCUT2D eigenvalue weighted by Gasteiger charge is -2.40. The molecule has 6 nitrogen and oxygen atoms in total. The molecule has 2 aromatic heterocycles. The first-order valence-electron chi connectivity index (χ1n) is 8.40. The molecule has 0 bridgehead atoms. The van der Waals surface area contributed by atoms with Gasteiger partial charge in [0.1, 0.15) is 10.8 Å². The van der Waals surface area contributed by atoms with Gasteiger partial charge in [0.15, 0.2) is 5.13 Å². The van der Waals surface area contributed by atoms with E-state index in [1.165, 1.54) is 18.3 Å². The van der Waals surface area contributed by atoms with Gasteiger partial charge in [0.25, 0.3) is 0 Å². The van der Waals surface area contributed by atoms with Crippen molar-refractivity contribution in [2.45, 2.75) is 38.5 Å². The minimum Gasteiger partial charge on any atom is -0.364 e. The highest BCUT2D eigenvalue weighted by molar-refractivity contribution is 7.15. The molecule has 1 amide bonds. The Hall–Kier alpha value is -1.61. The molecule has 2 aliphatic heterocycles. The number of thiazole rings is 1. The molecule has 4 rings (SSSR count). The van der Waals surface area contributed by atoms with Gasteiger partial charge in [0.05, 0.1) is 11.5 Å². The van der Waals surface area contributed by atoms with Crippen molar-refractivity contribution in [2.24, 2.45) is 0 Å². The second-order valence-corrected chi connectivity index (χ2v) is 8.08. The van der Waals surface area contributed by atoms with Crippen LogP contribution in [0.4, 0.5) is 9.52 Å². The molecule has 0 aromatic carbocycles. The van der Waals surface area contributed by atoms with Crippen molar-refractivity contribution < 1.29 is 13.9 Å². The number of hydrogen-bond acceptors (Lipinski definition) is 6. The molecule has 1 atom stereocenters. The predicted octanol–water partition coefficient (Wildman–Crippen LogP) is 3.31. The summed E-state index contributed by atoms with van der Waals surface area (Å²) in [5, 5.41) is 3.31. The van der Waals surface area contributed by atoms with Crippen LogP contribution in [0.1, 0.15) is 35.8 Å². The lowest BCUT2D eigenvalue weighted by molar-refractivity contribution is -0.114. The third-order valence-electron chi connectivity index (χ3n) is 4.82. The number of rotatable bonds is 3. The van der Waals surface area contributed by atoms with E-state index in [9.17, 15) is 9.18 Å². The Balaban J connectivity index is 1.53. The summed E-state index contributed by atoms with van der Waals surface area (Å²) in [7, 11) is 0. The Labute approximate surface area is 159 Å². The molecule has 138 valence electrons. The van der Waals surface area contributed by atoms with Crippen LogP contribution in [0.5, 0.6) is 0 Å². The molecule has 1 fully saturated rings. The van der Waals surface area contributed by atoms with Gasteiger partial charge in [-0.3, -0.25) is 9.69 Å². The summed E-state index contributed by atoms with van der Waals surface area (Å²) >= 11 is 7.38. The number of nitrogens with one attached hydrogen (secondary N) is 1. The molecule has 4 heterocycles. The molecule has 0 saturated carbocycles. The van der Waals surface area contributed by atoms with Crippen molar-refractivity contribution in [3.8, 4) is 0 Å². The molecular weight excluding hydrogens is 379 g/mol. The highest BCUT2D eigenvalue weighted by Gasteiger charge is 2.44. The Morgan fingerprint density at radius 3 is 3.23 bits per heavy atom. The first-order valence-corrected chi connectivity index (χ1v) is 9.59. The zero-order chi connectivity index (χ0) is 18.3. The molecule has 1 unspecified atom stereocenters. The number of carbonyl (C=O) groups excluding carboxylic acids is 1. The van der Waals surface area contributed by atoms with Gasteiger partial charge in [-0.05, 0) is 31.0 Å². The van der Waals surface area contributed by atoms with Crippen LogP contribution in [0.15, 0.2) is 12.3 Å². The minimum absolute atomic E-state index is 0.260. The number of fused-ring (bicyclic) bond motifs is 2. The van der Waals surface area contributed by atoms with Crippen molar-refractivity contribution in [1.82, 2.24) is 14.9 Å². The molecule has 1 spiro atoms. The highest BCUT2D eigenvalue weighted by Crippen LogP contribution is 2.44. The standard InChI is InChI=1S/C17H18ClFN4O2S/c1-10(24)21-16-22-15(19)13(26-16)7-23-6-2-4-17(9-23)12-3-5-20-14(18)11(12)8-25-17/h3,5H,2,4,6-9H2,1H3,(H,21,22,24). The third-order valence-corrected chi connectivity index (χ3v) is 6.08. The predicted molar refractivity (Wildman–Crippen MR) is 96.6 cm³/mol. The van der Waals surface area contributed by atoms with E-state index >= 15 is 0 Å². The van der Waals surface area contributed by atoms with Crippen LogP contribution in [0, 0.1) is 5.95 Å². The number of nitrogens with zero attached hydrogens (tertiary/aromatic N) is 3. The number of pyridine rings is 1. The van der Waals surface area contributed by atoms with Gasteiger partial charge in [0, 0.05) is 31.8 Å². The minimum atomic E-state index is -0.529. The maximum absolute atomic E-state index is 14.1. The summed E-state index contributed by atoms with van der Waals surface area (Å²) < 4.78 is 20.3. The van der Waals surface area contributed by atoms with Crippen LogP contribution < -0.4 is 5.32 Å². The van der Waals surface area contributed by atoms with E-state index in [1.807, 2.05) is 6.07 Å². The average molecular weight is 397 g/mol. The zero-order valence-corrected chi connectivity index (χ0v) is 15.8. The van der Waals surface area contributed by atoms with E-state index in [0.717, 1.165) is 30.5 Å². The molecule has 26 heavy (non-hydrogen) atoms. The number of anilines is 1. The average Bonchev–Trinajstić information content (AvgIpc) is 3.10. The molecule has 1 saturated heterocycles. The fourth-order valence-corrected chi connectivity index (χ4v) is 4.88. The van der Waals surface area contributed by atoms with Gasteiger partial charge in [0.2, 0.25) is 11.9 Å². The third kappa shape index (κ3) is 3.22. The summed E-state index contributed by atoms with van der Waals surface area (Å²) in [4.78, 5) is 21.7. The number of hydrogen-bond donors (Lipinski definition) is 1.